The van der Waals surface area contributed by atoms with Gasteiger partial charge in [-0.15, -0.1) is 0 Å². The highest BCUT2D eigenvalue weighted by Crippen LogP contribution is 2.23. The first-order valence-corrected chi connectivity index (χ1v) is 11.3. The van der Waals surface area contributed by atoms with Gasteiger partial charge in [0, 0.05) is 42.3 Å². The second kappa shape index (κ2) is 8.10. The normalized spacial score (nSPS) is 15.4. The number of nitrogens with zero attached hydrogens (tertiary/aromatic N) is 3. The number of hydrogen-bond donors (Lipinski definition) is 0. The number of carbonyl (C=O) groups is 1. The quantitative estimate of drug-likeness (QED) is 0.578. The molecule has 1 aliphatic heterocycles. The van der Waals surface area contributed by atoms with Crippen molar-refractivity contribution in [3.8, 4) is 11.3 Å². The number of rotatable bonds is 4. The van der Waals surface area contributed by atoms with Crippen molar-refractivity contribution in [1.82, 2.24) is 14.4 Å². The Kier molecular flexibility index (Phi) is 5.53. The number of piperazine rings is 1. The standard InChI is InChI=1S/C20H18BrN3O4S/c21-16-7-4-8-17(13-16)29(26,27)24-11-9-23(10-12-24)20(25)18-14-19(28-22-18)15-5-2-1-3-6-15/h1-8,13-14H,9-12H2. The van der Waals surface area contributed by atoms with Crippen LogP contribution in [0, 0.1) is 0 Å². The van der Waals surface area contributed by atoms with Gasteiger partial charge in [0.05, 0.1) is 4.90 Å². The highest BCUT2D eigenvalue weighted by molar-refractivity contribution is 9.10. The SMILES string of the molecule is O=C(c1cc(-c2ccccc2)on1)N1CCN(S(=O)(=O)c2cccc(Br)c2)CC1. The average molecular weight is 476 g/mol. The Labute approximate surface area is 177 Å². The van der Waals surface area contributed by atoms with E-state index in [0.717, 1.165) is 5.56 Å². The van der Waals surface area contributed by atoms with Crippen LogP contribution in [0.5, 0.6) is 0 Å². The molecule has 0 aliphatic carbocycles. The van der Waals surface area contributed by atoms with Crippen LogP contribution in [0.2, 0.25) is 0 Å². The van der Waals surface area contributed by atoms with Gasteiger partial charge in [-0.3, -0.25) is 4.79 Å². The van der Waals surface area contributed by atoms with E-state index < -0.39 is 10.0 Å². The lowest BCUT2D eigenvalue weighted by Crippen LogP contribution is -2.50. The molecule has 1 amide bonds. The third-order valence-electron chi connectivity index (χ3n) is 4.75. The summed E-state index contributed by atoms with van der Waals surface area (Å²) < 4.78 is 33.0. The molecule has 0 spiro atoms. The molecule has 1 fully saturated rings. The van der Waals surface area contributed by atoms with Gasteiger partial charge < -0.3 is 9.42 Å². The summed E-state index contributed by atoms with van der Waals surface area (Å²) in [5.74, 6) is 0.250. The summed E-state index contributed by atoms with van der Waals surface area (Å²) in [5.41, 5.74) is 1.05. The molecular weight excluding hydrogens is 458 g/mol. The van der Waals surface area contributed by atoms with Crippen molar-refractivity contribution in [3.63, 3.8) is 0 Å². The third-order valence-corrected chi connectivity index (χ3v) is 7.14. The highest BCUT2D eigenvalue weighted by Gasteiger charge is 2.31. The molecule has 4 rings (SSSR count). The van der Waals surface area contributed by atoms with Gasteiger partial charge in [-0.2, -0.15) is 4.31 Å². The second-order valence-corrected chi connectivity index (χ2v) is 9.45. The molecule has 3 aromatic rings. The summed E-state index contributed by atoms with van der Waals surface area (Å²) >= 11 is 3.30. The van der Waals surface area contributed by atoms with Crippen molar-refractivity contribution in [3.05, 3.63) is 70.8 Å². The smallest absolute Gasteiger partial charge is 0.276 e. The number of amides is 1. The molecule has 0 radical (unpaired) electrons. The summed E-state index contributed by atoms with van der Waals surface area (Å²) in [6.07, 6.45) is 0. The lowest BCUT2D eigenvalue weighted by atomic mass is 10.1. The summed E-state index contributed by atoms with van der Waals surface area (Å²) in [6, 6.07) is 17.6. The van der Waals surface area contributed by atoms with E-state index in [9.17, 15) is 13.2 Å². The van der Waals surface area contributed by atoms with Crippen molar-refractivity contribution in [2.24, 2.45) is 0 Å². The topological polar surface area (TPSA) is 83.7 Å². The van der Waals surface area contributed by atoms with Crippen LogP contribution in [0.1, 0.15) is 10.5 Å². The van der Waals surface area contributed by atoms with Crippen LogP contribution in [-0.2, 0) is 10.0 Å². The fraction of sp³-hybridized carbons (Fsp3) is 0.200. The maximum absolute atomic E-state index is 12.8. The van der Waals surface area contributed by atoms with Crippen molar-refractivity contribution in [2.75, 3.05) is 26.2 Å². The lowest BCUT2D eigenvalue weighted by Gasteiger charge is -2.33. The van der Waals surface area contributed by atoms with E-state index in [1.807, 2.05) is 30.3 Å². The van der Waals surface area contributed by atoms with Gasteiger partial charge in [0.25, 0.3) is 5.91 Å². The molecule has 1 aromatic heterocycles. The summed E-state index contributed by atoms with van der Waals surface area (Å²) in [6.45, 7) is 1.03. The van der Waals surface area contributed by atoms with Gasteiger partial charge >= 0.3 is 0 Å². The summed E-state index contributed by atoms with van der Waals surface area (Å²) in [5, 5.41) is 3.89. The fourth-order valence-corrected chi connectivity index (χ4v) is 5.20. The van der Waals surface area contributed by atoms with Crippen LogP contribution in [0.4, 0.5) is 0 Å². The predicted octanol–water partition coefficient (Wildman–Crippen LogP) is 3.25. The zero-order valence-electron chi connectivity index (χ0n) is 15.4. The number of carbonyl (C=O) groups excluding carboxylic acids is 1. The minimum Gasteiger partial charge on any atom is -0.355 e. The predicted molar refractivity (Wildman–Crippen MR) is 111 cm³/mol. The first kappa shape index (κ1) is 19.8. The van der Waals surface area contributed by atoms with E-state index in [0.29, 0.717) is 23.3 Å². The molecule has 0 unspecified atom stereocenters. The van der Waals surface area contributed by atoms with Crippen LogP contribution < -0.4 is 0 Å². The van der Waals surface area contributed by atoms with E-state index in [2.05, 4.69) is 21.1 Å². The van der Waals surface area contributed by atoms with Gasteiger partial charge in [0.2, 0.25) is 10.0 Å². The molecule has 0 bridgehead atoms. The highest BCUT2D eigenvalue weighted by atomic mass is 79.9. The Morgan fingerprint density at radius 3 is 2.38 bits per heavy atom. The zero-order chi connectivity index (χ0) is 20.4. The van der Waals surface area contributed by atoms with Crippen LogP contribution in [-0.4, -0.2) is 54.9 Å². The minimum absolute atomic E-state index is 0.215. The second-order valence-electron chi connectivity index (χ2n) is 6.60. The number of halogens is 1. The molecule has 29 heavy (non-hydrogen) atoms. The largest absolute Gasteiger partial charge is 0.355 e. The Morgan fingerprint density at radius 2 is 1.69 bits per heavy atom. The maximum atomic E-state index is 12.8. The molecule has 150 valence electrons. The van der Waals surface area contributed by atoms with Crippen molar-refractivity contribution >= 4 is 31.9 Å². The van der Waals surface area contributed by atoms with Gasteiger partial charge in [-0.25, -0.2) is 8.42 Å². The first-order valence-electron chi connectivity index (χ1n) is 9.02. The number of aromatic nitrogens is 1. The zero-order valence-corrected chi connectivity index (χ0v) is 17.8. The van der Waals surface area contributed by atoms with Gasteiger partial charge in [-0.05, 0) is 18.2 Å². The van der Waals surface area contributed by atoms with Gasteiger partial charge in [0.1, 0.15) is 0 Å². The summed E-state index contributed by atoms with van der Waals surface area (Å²) in [7, 11) is -3.60. The van der Waals surface area contributed by atoms with Crippen molar-refractivity contribution in [1.29, 1.82) is 0 Å². The molecule has 0 saturated carbocycles. The molecule has 0 atom stereocenters. The monoisotopic (exact) mass is 475 g/mol. The van der Waals surface area contributed by atoms with E-state index in [1.54, 1.807) is 35.2 Å². The third kappa shape index (κ3) is 4.12. The molecule has 7 nitrogen and oxygen atoms in total. The van der Waals surface area contributed by atoms with E-state index in [4.69, 9.17) is 4.52 Å². The molecule has 9 heteroatoms. The van der Waals surface area contributed by atoms with Crippen molar-refractivity contribution in [2.45, 2.75) is 4.90 Å². The Hall–Kier alpha value is -2.49. The molecule has 2 heterocycles. The van der Waals surface area contributed by atoms with Crippen LogP contribution in [0.15, 0.2) is 74.6 Å². The van der Waals surface area contributed by atoms with Gasteiger partial charge in [0.15, 0.2) is 11.5 Å². The Balaban J connectivity index is 1.43. The van der Waals surface area contributed by atoms with E-state index in [1.165, 1.54) is 4.31 Å². The number of sulfonamides is 1. The number of hydrogen-bond acceptors (Lipinski definition) is 5. The Bertz CT molecular complexity index is 1120. The van der Waals surface area contributed by atoms with Crippen LogP contribution in [0.25, 0.3) is 11.3 Å². The minimum atomic E-state index is -3.60. The molecule has 1 saturated heterocycles. The van der Waals surface area contributed by atoms with Gasteiger partial charge in [-0.1, -0.05) is 57.5 Å². The molecule has 2 aromatic carbocycles. The Morgan fingerprint density at radius 1 is 0.966 bits per heavy atom. The van der Waals surface area contributed by atoms with Crippen LogP contribution >= 0.6 is 15.9 Å². The molecular formula is C20H18BrN3O4S. The molecule has 0 N–H and O–H groups in total. The van der Waals surface area contributed by atoms with Crippen molar-refractivity contribution < 1.29 is 17.7 Å². The maximum Gasteiger partial charge on any atom is 0.276 e. The lowest BCUT2D eigenvalue weighted by molar-refractivity contribution is 0.0687. The van der Waals surface area contributed by atoms with E-state index in [-0.39, 0.29) is 29.6 Å². The summed E-state index contributed by atoms with van der Waals surface area (Å²) in [4.78, 5) is 14.6. The first-order chi connectivity index (χ1) is 13.9. The van der Waals surface area contributed by atoms with E-state index >= 15 is 0 Å². The van der Waals surface area contributed by atoms with Crippen LogP contribution in [0.3, 0.4) is 0 Å². The fourth-order valence-electron chi connectivity index (χ4n) is 3.18. The number of benzene rings is 2. The molecule has 1 aliphatic rings. The average Bonchev–Trinajstić information content (AvgIpc) is 3.24.